The van der Waals surface area contributed by atoms with Crippen LogP contribution in [-0.4, -0.2) is 16.0 Å². The van der Waals surface area contributed by atoms with Crippen molar-refractivity contribution in [3.8, 4) is 0 Å². The van der Waals surface area contributed by atoms with Gasteiger partial charge < -0.3 is 10.7 Å². The molecule has 0 radical (unpaired) electrons. The van der Waals surface area contributed by atoms with Crippen molar-refractivity contribution < 1.29 is 0 Å². The molecule has 4 N–H and O–H groups in total. The topological polar surface area (TPSA) is 75.9 Å². The molecule has 5 nitrogen and oxygen atoms in total. The molecule has 0 unspecified atom stereocenters. The average molecular weight is 223 g/mol. The quantitative estimate of drug-likeness (QED) is 0.507. The Morgan fingerprint density at radius 3 is 2.31 bits per heavy atom. The highest BCUT2D eigenvalue weighted by molar-refractivity contribution is 5.57. The van der Waals surface area contributed by atoms with Crippen molar-refractivity contribution in [2.24, 2.45) is 5.84 Å². The summed E-state index contributed by atoms with van der Waals surface area (Å²) in [6.45, 7) is 6.39. The molecule has 0 aliphatic heterocycles. The minimum atomic E-state index is 0.450. The highest BCUT2D eigenvalue weighted by Gasteiger charge is 2.11. The van der Waals surface area contributed by atoms with Crippen molar-refractivity contribution in [3.63, 3.8) is 0 Å². The maximum Gasteiger partial charge on any atom is 0.148 e. The van der Waals surface area contributed by atoms with Gasteiger partial charge in [0.2, 0.25) is 0 Å². The molecular weight excluding hydrogens is 202 g/mol. The fraction of sp³-hybridized carbons (Fsp3) is 0.636. The first kappa shape index (κ1) is 12.7. The van der Waals surface area contributed by atoms with Crippen molar-refractivity contribution >= 4 is 11.6 Å². The van der Waals surface area contributed by atoms with Gasteiger partial charge in [-0.1, -0.05) is 20.8 Å². The summed E-state index contributed by atoms with van der Waals surface area (Å²) in [5, 5.41) is 3.43. The lowest BCUT2D eigenvalue weighted by atomic mass is 10.1. The summed E-state index contributed by atoms with van der Waals surface area (Å²) in [6, 6.07) is 0.450. The lowest BCUT2D eigenvalue weighted by Crippen LogP contribution is -2.20. The molecule has 1 aromatic rings. The first-order chi connectivity index (χ1) is 7.76. The molecular formula is C11H21N5. The van der Waals surface area contributed by atoms with E-state index < -0.39 is 0 Å². The number of rotatable bonds is 6. The van der Waals surface area contributed by atoms with Gasteiger partial charge in [-0.05, 0) is 19.3 Å². The van der Waals surface area contributed by atoms with Crippen molar-refractivity contribution in [1.82, 2.24) is 9.97 Å². The summed E-state index contributed by atoms with van der Waals surface area (Å²) >= 11 is 0. The highest BCUT2D eigenvalue weighted by Crippen LogP contribution is 2.21. The van der Waals surface area contributed by atoms with E-state index >= 15 is 0 Å². The lowest BCUT2D eigenvalue weighted by Gasteiger charge is -2.18. The summed E-state index contributed by atoms with van der Waals surface area (Å²) in [7, 11) is 0. The number of hydrogen-bond acceptors (Lipinski definition) is 5. The highest BCUT2D eigenvalue weighted by atomic mass is 15.3. The predicted octanol–water partition coefficient (Wildman–Crippen LogP) is 1.93. The normalized spacial score (nSPS) is 10.6. The number of hydrazine groups is 1. The fourth-order valence-corrected chi connectivity index (χ4v) is 1.68. The van der Waals surface area contributed by atoms with Gasteiger partial charge in [0.1, 0.15) is 18.0 Å². The number of anilines is 2. The molecule has 0 aliphatic carbocycles. The molecule has 90 valence electrons. The van der Waals surface area contributed by atoms with Gasteiger partial charge in [-0.2, -0.15) is 0 Å². The maximum atomic E-state index is 5.42. The summed E-state index contributed by atoms with van der Waals surface area (Å²) in [5.74, 6) is 7.01. The molecule has 0 saturated carbocycles. The Hall–Kier alpha value is -1.36. The van der Waals surface area contributed by atoms with Crippen LogP contribution in [0.15, 0.2) is 6.33 Å². The van der Waals surface area contributed by atoms with Crippen LogP contribution in [0.4, 0.5) is 11.6 Å². The van der Waals surface area contributed by atoms with E-state index in [0.29, 0.717) is 11.9 Å². The van der Waals surface area contributed by atoms with E-state index in [1.165, 1.54) is 6.33 Å². The van der Waals surface area contributed by atoms with Crippen molar-refractivity contribution in [1.29, 1.82) is 0 Å². The second-order valence-corrected chi connectivity index (χ2v) is 3.71. The van der Waals surface area contributed by atoms with Gasteiger partial charge in [0.15, 0.2) is 0 Å². The van der Waals surface area contributed by atoms with Crippen molar-refractivity contribution in [2.75, 3.05) is 10.7 Å². The Labute approximate surface area is 96.8 Å². The summed E-state index contributed by atoms with van der Waals surface area (Å²) in [5.41, 5.74) is 3.64. The first-order valence-electron chi connectivity index (χ1n) is 5.83. The van der Waals surface area contributed by atoms with Gasteiger partial charge in [-0.15, -0.1) is 0 Å². The van der Waals surface area contributed by atoms with E-state index in [0.717, 1.165) is 30.6 Å². The molecule has 0 spiro atoms. The molecule has 16 heavy (non-hydrogen) atoms. The number of nitrogens with one attached hydrogen (secondary N) is 2. The van der Waals surface area contributed by atoms with E-state index in [2.05, 4.69) is 41.5 Å². The zero-order valence-electron chi connectivity index (χ0n) is 10.2. The zero-order valence-corrected chi connectivity index (χ0v) is 10.2. The van der Waals surface area contributed by atoms with Crippen LogP contribution < -0.4 is 16.6 Å². The molecule has 0 amide bonds. The van der Waals surface area contributed by atoms with E-state index in [1.54, 1.807) is 0 Å². The molecule has 5 heteroatoms. The van der Waals surface area contributed by atoms with Gasteiger partial charge in [0.25, 0.3) is 0 Å². The third kappa shape index (κ3) is 2.82. The van der Waals surface area contributed by atoms with E-state index in [9.17, 15) is 0 Å². The predicted molar refractivity (Wildman–Crippen MR) is 67.2 cm³/mol. The Bertz CT molecular complexity index is 322. The van der Waals surface area contributed by atoms with Crippen LogP contribution in [-0.2, 0) is 6.42 Å². The lowest BCUT2D eigenvalue weighted by molar-refractivity contribution is 0.666. The monoisotopic (exact) mass is 223 g/mol. The molecule has 0 saturated heterocycles. The zero-order chi connectivity index (χ0) is 12.0. The maximum absolute atomic E-state index is 5.42. The molecule has 0 bridgehead atoms. The largest absolute Gasteiger partial charge is 0.367 e. The SMILES string of the molecule is CCc1c(NN)ncnc1NC(CC)CC. The van der Waals surface area contributed by atoms with Crippen LogP contribution in [0.25, 0.3) is 0 Å². The molecule has 0 aromatic carbocycles. The molecule has 1 aromatic heterocycles. The molecule has 0 atom stereocenters. The second kappa shape index (κ2) is 6.27. The summed E-state index contributed by atoms with van der Waals surface area (Å²) < 4.78 is 0. The Kier molecular flexibility index (Phi) is 4.98. The molecule has 0 aliphatic rings. The Morgan fingerprint density at radius 1 is 1.19 bits per heavy atom. The van der Waals surface area contributed by atoms with Crippen molar-refractivity contribution in [3.05, 3.63) is 11.9 Å². The minimum absolute atomic E-state index is 0.450. The van der Waals surface area contributed by atoms with E-state index in [4.69, 9.17) is 5.84 Å². The van der Waals surface area contributed by atoms with Gasteiger partial charge in [0, 0.05) is 11.6 Å². The fourth-order valence-electron chi connectivity index (χ4n) is 1.68. The Morgan fingerprint density at radius 2 is 1.81 bits per heavy atom. The van der Waals surface area contributed by atoms with E-state index in [-0.39, 0.29) is 0 Å². The number of nitrogens with zero attached hydrogens (tertiary/aromatic N) is 2. The van der Waals surface area contributed by atoms with Crippen LogP contribution in [0.3, 0.4) is 0 Å². The van der Waals surface area contributed by atoms with Gasteiger partial charge in [0.05, 0.1) is 0 Å². The standard InChI is InChI=1S/C11H21N5/c1-4-8(5-2)15-10-9(6-3)11(16-12)14-7-13-10/h7-8H,4-6,12H2,1-3H3,(H2,13,14,15,16). The third-order valence-electron chi connectivity index (χ3n) is 2.76. The number of nitrogen functional groups attached to an aromatic ring is 1. The van der Waals surface area contributed by atoms with Crippen LogP contribution >= 0.6 is 0 Å². The second-order valence-electron chi connectivity index (χ2n) is 3.71. The van der Waals surface area contributed by atoms with Gasteiger partial charge in [-0.3, -0.25) is 0 Å². The molecule has 0 fully saturated rings. The van der Waals surface area contributed by atoms with E-state index in [1.807, 2.05) is 0 Å². The van der Waals surface area contributed by atoms with Gasteiger partial charge in [-0.25, -0.2) is 15.8 Å². The summed E-state index contributed by atoms with van der Waals surface area (Å²) in [4.78, 5) is 8.38. The first-order valence-corrected chi connectivity index (χ1v) is 5.83. The van der Waals surface area contributed by atoms with Crippen LogP contribution in [0.2, 0.25) is 0 Å². The van der Waals surface area contributed by atoms with Crippen molar-refractivity contribution in [2.45, 2.75) is 46.1 Å². The number of aromatic nitrogens is 2. The van der Waals surface area contributed by atoms with Gasteiger partial charge >= 0.3 is 0 Å². The van der Waals surface area contributed by atoms with Crippen LogP contribution in [0.1, 0.15) is 39.2 Å². The van der Waals surface area contributed by atoms with Crippen LogP contribution in [0, 0.1) is 0 Å². The smallest absolute Gasteiger partial charge is 0.148 e. The summed E-state index contributed by atoms with van der Waals surface area (Å²) in [6.07, 6.45) is 4.53. The minimum Gasteiger partial charge on any atom is -0.367 e. The van der Waals surface area contributed by atoms with Crippen LogP contribution in [0.5, 0.6) is 0 Å². The molecule has 1 rings (SSSR count). The third-order valence-corrected chi connectivity index (χ3v) is 2.76. The Balaban J connectivity index is 2.94. The average Bonchev–Trinajstić information content (AvgIpc) is 2.35. The number of nitrogens with two attached hydrogens (primary N) is 1. The molecule has 1 heterocycles. The number of hydrogen-bond donors (Lipinski definition) is 3.